The number of aliphatic hydroxyl groups excluding tert-OH is 1. The molecule has 1 atom stereocenters. The summed E-state index contributed by atoms with van der Waals surface area (Å²) in [5.74, 6) is 0.278. The molecular formula is C11H16INO2S. The molecule has 16 heavy (non-hydrogen) atoms. The van der Waals surface area contributed by atoms with E-state index in [4.69, 9.17) is 5.11 Å². The topological polar surface area (TPSA) is 49.3 Å². The average Bonchev–Trinajstić information content (AvgIpc) is 2.64. The second kappa shape index (κ2) is 6.56. The number of nitrogens with one attached hydrogen (secondary N) is 1. The van der Waals surface area contributed by atoms with Gasteiger partial charge in [0.1, 0.15) is 0 Å². The van der Waals surface area contributed by atoms with E-state index in [-0.39, 0.29) is 18.6 Å². The lowest BCUT2D eigenvalue weighted by Gasteiger charge is -2.21. The van der Waals surface area contributed by atoms with Gasteiger partial charge >= 0.3 is 0 Å². The number of aliphatic hydroxyl groups is 1. The van der Waals surface area contributed by atoms with E-state index < -0.39 is 0 Å². The number of carbonyl (C=O) groups is 1. The van der Waals surface area contributed by atoms with Crippen molar-refractivity contribution in [2.45, 2.75) is 26.3 Å². The lowest BCUT2D eigenvalue weighted by molar-refractivity contribution is 0.0917. The summed E-state index contributed by atoms with van der Waals surface area (Å²) in [5, 5.41) is 13.7. The van der Waals surface area contributed by atoms with E-state index in [1.54, 1.807) is 11.3 Å². The van der Waals surface area contributed by atoms with E-state index in [9.17, 15) is 4.79 Å². The van der Waals surface area contributed by atoms with Crippen LogP contribution >= 0.6 is 33.9 Å². The van der Waals surface area contributed by atoms with Crippen LogP contribution in [0.3, 0.4) is 0 Å². The molecule has 0 radical (unpaired) electrons. The van der Waals surface area contributed by atoms with Crippen molar-refractivity contribution in [2.75, 3.05) is 6.61 Å². The van der Waals surface area contributed by atoms with E-state index in [1.807, 2.05) is 25.3 Å². The average molecular weight is 353 g/mol. The van der Waals surface area contributed by atoms with Crippen LogP contribution in [-0.2, 0) is 0 Å². The highest BCUT2D eigenvalue weighted by Gasteiger charge is 2.17. The SMILES string of the molecule is CC(C)C(CCO)NC(=O)c1csc(I)c1. The molecule has 90 valence electrons. The maximum Gasteiger partial charge on any atom is 0.252 e. The minimum absolute atomic E-state index is 0.0371. The summed E-state index contributed by atoms with van der Waals surface area (Å²) in [4.78, 5) is 11.9. The smallest absolute Gasteiger partial charge is 0.252 e. The third-order valence-electron chi connectivity index (χ3n) is 2.39. The summed E-state index contributed by atoms with van der Waals surface area (Å²) in [6, 6.07) is 1.91. The summed E-state index contributed by atoms with van der Waals surface area (Å²) >= 11 is 3.75. The Morgan fingerprint density at radius 3 is 2.75 bits per heavy atom. The predicted molar refractivity (Wildman–Crippen MR) is 74.8 cm³/mol. The van der Waals surface area contributed by atoms with Crippen molar-refractivity contribution >= 4 is 39.8 Å². The molecule has 0 bridgehead atoms. The van der Waals surface area contributed by atoms with Gasteiger partial charge in [0.15, 0.2) is 0 Å². The van der Waals surface area contributed by atoms with Gasteiger partial charge in [0.05, 0.1) is 8.45 Å². The van der Waals surface area contributed by atoms with Gasteiger partial charge in [-0.2, -0.15) is 0 Å². The Kier molecular flexibility index (Phi) is 5.71. The Hall–Kier alpha value is -0.140. The first-order valence-corrected chi connectivity index (χ1v) is 7.16. The summed E-state index contributed by atoms with van der Waals surface area (Å²) in [5.41, 5.74) is 0.706. The first-order valence-electron chi connectivity index (χ1n) is 5.20. The maximum atomic E-state index is 11.9. The molecule has 3 nitrogen and oxygen atoms in total. The van der Waals surface area contributed by atoms with Gasteiger partial charge in [-0.3, -0.25) is 4.79 Å². The normalized spacial score (nSPS) is 12.8. The third kappa shape index (κ3) is 4.03. The molecule has 1 rings (SSSR count). The molecular weight excluding hydrogens is 337 g/mol. The van der Waals surface area contributed by atoms with Crippen LogP contribution in [-0.4, -0.2) is 23.7 Å². The molecule has 0 aliphatic carbocycles. The molecule has 1 amide bonds. The zero-order valence-electron chi connectivity index (χ0n) is 9.37. The van der Waals surface area contributed by atoms with E-state index in [2.05, 4.69) is 27.9 Å². The van der Waals surface area contributed by atoms with E-state index in [0.717, 1.165) is 2.88 Å². The van der Waals surface area contributed by atoms with Crippen molar-refractivity contribution in [3.8, 4) is 0 Å². The number of rotatable bonds is 5. The quantitative estimate of drug-likeness (QED) is 0.800. The molecule has 2 N–H and O–H groups in total. The van der Waals surface area contributed by atoms with Crippen LogP contribution in [0.2, 0.25) is 0 Å². The Bertz CT molecular complexity index is 352. The maximum absolute atomic E-state index is 11.9. The van der Waals surface area contributed by atoms with Crippen LogP contribution in [0.15, 0.2) is 11.4 Å². The first-order chi connectivity index (χ1) is 7.54. The fraction of sp³-hybridized carbons (Fsp3) is 0.545. The molecule has 0 aliphatic rings. The first kappa shape index (κ1) is 13.9. The van der Waals surface area contributed by atoms with E-state index in [0.29, 0.717) is 17.9 Å². The molecule has 0 spiro atoms. The van der Waals surface area contributed by atoms with Crippen LogP contribution in [0.4, 0.5) is 0 Å². The van der Waals surface area contributed by atoms with Gasteiger partial charge in [-0.05, 0) is 41.0 Å². The third-order valence-corrected chi connectivity index (χ3v) is 4.18. The highest BCUT2D eigenvalue weighted by molar-refractivity contribution is 14.1. The summed E-state index contributed by atoms with van der Waals surface area (Å²) in [7, 11) is 0. The minimum Gasteiger partial charge on any atom is -0.396 e. The minimum atomic E-state index is -0.0497. The zero-order chi connectivity index (χ0) is 12.1. The fourth-order valence-corrected chi connectivity index (χ4v) is 2.72. The molecule has 0 saturated carbocycles. The highest BCUT2D eigenvalue weighted by atomic mass is 127. The van der Waals surface area contributed by atoms with Crippen molar-refractivity contribution < 1.29 is 9.90 Å². The van der Waals surface area contributed by atoms with Gasteiger partial charge in [-0.1, -0.05) is 13.8 Å². The molecule has 0 saturated heterocycles. The van der Waals surface area contributed by atoms with Crippen LogP contribution < -0.4 is 5.32 Å². The zero-order valence-corrected chi connectivity index (χ0v) is 12.3. The van der Waals surface area contributed by atoms with Gasteiger partial charge in [-0.15, -0.1) is 11.3 Å². The van der Waals surface area contributed by atoms with Gasteiger partial charge in [0, 0.05) is 18.0 Å². The number of carbonyl (C=O) groups excluding carboxylic acids is 1. The van der Waals surface area contributed by atoms with Crippen molar-refractivity contribution in [3.63, 3.8) is 0 Å². The van der Waals surface area contributed by atoms with Crippen molar-refractivity contribution in [1.29, 1.82) is 0 Å². The van der Waals surface area contributed by atoms with Gasteiger partial charge in [-0.25, -0.2) is 0 Å². The molecule has 1 aromatic rings. The predicted octanol–water partition coefficient (Wildman–Crippen LogP) is 2.49. The Balaban J connectivity index is 2.61. The van der Waals surface area contributed by atoms with Crippen LogP contribution in [0.1, 0.15) is 30.6 Å². The summed E-state index contributed by atoms with van der Waals surface area (Å²) in [6.07, 6.45) is 0.602. The lowest BCUT2D eigenvalue weighted by atomic mass is 10.0. The number of hydrogen-bond donors (Lipinski definition) is 2. The van der Waals surface area contributed by atoms with E-state index in [1.165, 1.54) is 0 Å². The second-order valence-electron chi connectivity index (χ2n) is 3.98. The fourth-order valence-electron chi connectivity index (χ4n) is 1.39. The highest BCUT2D eigenvalue weighted by Crippen LogP contribution is 2.17. The van der Waals surface area contributed by atoms with Gasteiger partial charge in [0.25, 0.3) is 5.91 Å². The van der Waals surface area contributed by atoms with Gasteiger partial charge in [0.2, 0.25) is 0 Å². The lowest BCUT2D eigenvalue weighted by Crippen LogP contribution is -2.39. The van der Waals surface area contributed by atoms with Crippen LogP contribution in [0.5, 0.6) is 0 Å². The number of amides is 1. The Morgan fingerprint density at radius 2 is 2.31 bits per heavy atom. The number of halogens is 1. The standard InChI is InChI=1S/C11H16INO2S/c1-7(2)9(3-4-14)13-11(15)8-5-10(12)16-6-8/h5-7,9,14H,3-4H2,1-2H3,(H,13,15). The van der Waals surface area contributed by atoms with Crippen LogP contribution in [0.25, 0.3) is 0 Å². The number of thiophene rings is 1. The molecule has 0 aliphatic heterocycles. The molecule has 5 heteroatoms. The largest absolute Gasteiger partial charge is 0.396 e. The van der Waals surface area contributed by atoms with Crippen molar-refractivity contribution in [3.05, 3.63) is 19.9 Å². The van der Waals surface area contributed by atoms with Crippen molar-refractivity contribution in [2.24, 2.45) is 5.92 Å². The second-order valence-corrected chi connectivity index (χ2v) is 6.78. The molecule has 1 heterocycles. The van der Waals surface area contributed by atoms with E-state index >= 15 is 0 Å². The van der Waals surface area contributed by atoms with Crippen LogP contribution in [0, 0.1) is 8.80 Å². The van der Waals surface area contributed by atoms with Gasteiger partial charge < -0.3 is 10.4 Å². The summed E-state index contributed by atoms with van der Waals surface area (Å²) < 4.78 is 1.10. The Labute approximate surface area is 113 Å². The summed E-state index contributed by atoms with van der Waals surface area (Å²) in [6.45, 7) is 4.18. The molecule has 0 fully saturated rings. The molecule has 0 aromatic carbocycles. The van der Waals surface area contributed by atoms with Crippen molar-refractivity contribution in [1.82, 2.24) is 5.32 Å². The molecule has 1 aromatic heterocycles. The molecule has 1 unspecified atom stereocenters. The number of hydrogen-bond acceptors (Lipinski definition) is 3. The Morgan fingerprint density at radius 1 is 1.62 bits per heavy atom. The monoisotopic (exact) mass is 353 g/mol.